The molecule has 2 aromatic carbocycles. The predicted molar refractivity (Wildman–Crippen MR) is 88.7 cm³/mol. The smallest absolute Gasteiger partial charge is 0.252 e. The van der Waals surface area contributed by atoms with Gasteiger partial charge in [0, 0.05) is 17.2 Å². The van der Waals surface area contributed by atoms with E-state index in [1.54, 1.807) is 54.6 Å². The fraction of sp³-hybridized carbons (Fsp3) is 0.105. The van der Waals surface area contributed by atoms with Crippen molar-refractivity contribution in [3.05, 3.63) is 88.8 Å². The van der Waals surface area contributed by atoms with E-state index in [1.165, 1.54) is 0 Å². The zero-order valence-corrected chi connectivity index (χ0v) is 13.2. The molecule has 1 heterocycles. The molecule has 5 heteroatoms. The maximum absolute atomic E-state index is 12.6. The van der Waals surface area contributed by atoms with Gasteiger partial charge >= 0.3 is 0 Å². The second-order valence-electron chi connectivity index (χ2n) is 5.36. The molecule has 3 rings (SSSR count). The molecule has 1 aromatic heterocycles. The highest BCUT2D eigenvalue weighted by Gasteiger charge is 2.18. The van der Waals surface area contributed by atoms with Crippen LogP contribution in [0.5, 0.6) is 0 Å². The number of amides is 1. The highest BCUT2D eigenvalue weighted by atomic mass is 16.5. The molecule has 5 nitrogen and oxygen atoms in total. The highest BCUT2D eigenvalue weighted by molar-refractivity contribution is 6.15. The van der Waals surface area contributed by atoms with Crippen LogP contribution >= 0.6 is 0 Å². The summed E-state index contributed by atoms with van der Waals surface area (Å²) in [6.45, 7) is 2.02. The monoisotopic (exact) mass is 320 g/mol. The van der Waals surface area contributed by atoms with Crippen LogP contribution in [0.4, 0.5) is 0 Å². The number of carbonyl (C=O) groups is 2. The second kappa shape index (κ2) is 6.91. The van der Waals surface area contributed by atoms with Crippen molar-refractivity contribution in [3.63, 3.8) is 0 Å². The van der Waals surface area contributed by atoms with Gasteiger partial charge < -0.3 is 9.84 Å². The number of hydrogen-bond acceptors (Lipinski definition) is 4. The summed E-state index contributed by atoms with van der Waals surface area (Å²) in [5, 5.41) is 6.52. The number of benzene rings is 2. The molecule has 24 heavy (non-hydrogen) atoms. The van der Waals surface area contributed by atoms with Gasteiger partial charge in [0.15, 0.2) is 11.5 Å². The third-order valence-corrected chi connectivity index (χ3v) is 3.55. The summed E-state index contributed by atoms with van der Waals surface area (Å²) in [5.74, 6) is 0.0495. The fourth-order valence-electron chi connectivity index (χ4n) is 2.39. The van der Waals surface area contributed by atoms with E-state index in [9.17, 15) is 9.59 Å². The van der Waals surface area contributed by atoms with Gasteiger partial charge in [-0.25, -0.2) is 0 Å². The maximum Gasteiger partial charge on any atom is 0.252 e. The van der Waals surface area contributed by atoms with Crippen LogP contribution in [0.3, 0.4) is 0 Å². The summed E-state index contributed by atoms with van der Waals surface area (Å²) in [7, 11) is 0. The van der Waals surface area contributed by atoms with E-state index in [0.29, 0.717) is 22.5 Å². The standard InChI is InChI=1S/C19H16N2O3/c1-13-11-15(24-21-13)12-20-19(23)17-10-6-5-9-16(17)18(22)14-7-3-2-4-8-14/h2-11H,12H2,1H3,(H,20,23). The molecule has 0 atom stereocenters. The number of nitrogens with one attached hydrogen (secondary N) is 1. The Kier molecular flexibility index (Phi) is 4.52. The van der Waals surface area contributed by atoms with Gasteiger partial charge in [0.25, 0.3) is 5.91 Å². The van der Waals surface area contributed by atoms with Gasteiger partial charge in [-0.1, -0.05) is 53.7 Å². The van der Waals surface area contributed by atoms with Crippen LogP contribution in [0.1, 0.15) is 37.7 Å². The molecule has 0 saturated heterocycles. The number of nitrogens with zero attached hydrogens (tertiary/aromatic N) is 1. The molecule has 0 saturated carbocycles. The van der Waals surface area contributed by atoms with Crippen molar-refractivity contribution in [1.82, 2.24) is 10.5 Å². The molecule has 0 aliphatic carbocycles. The summed E-state index contributed by atoms with van der Waals surface area (Å²) >= 11 is 0. The van der Waals surface area contributed by atoms with Gasteiger partial charge in [0.05, 0.1) is 17.8 Å². The lowest BCUT2D eigenvalue weighted by molar-refractivity contribution is 0.0936. The zero-order chi connectivity index (χ0) is 16.9. The molecular formula is C19H16N2O3. The molecule has 0 bridgehead atoms. The van der Waals surface area contributed by atoms with Crippen molar-refractivity contribution >= 4 is 11.7 Å². The Bertz CT molecular complexity index is 869. The van der Waals surface area contributed by atoms with E-state index < -0.39 is 0 Å². The number of aromatic nitrogens is 1. The minimum Gasteiger partial charge on any atom is -0.359 e. The van der Waals surface area contributed by atoms with Crippen molar-refractivity contribution in [2.24, 2.45) is 0 Å². The highest BCUT2D eigenvalue weighted by Crippen LogP contribution is 2.15. The Morgan fingerprint density at radius 1 is 1.00 bits per heavy atom. The number of rotatable bonds is 5. The first kappa shape index (κ1) is 15.7. The Hall–Kier alpha value is -3.21. The largest absolute Gasteiger partial charge is 0.359 e. The summed E-state index contributed by atoms with van der Waals surface area (Å²) in [6, 6.07) is 17.4. The van der Waals surface area contributed by atoms with Gasteiger partial charge in [0.1, 0.15) is 0 Å². The van der Waals surface area contributed by atoms with E-state index in [4.69, 9.17) is 4.52 Å². The van der Waals surface area contributed by atoms with Crippen molar-refractivity contribution in [2.45, 2.75) is 13.5 Å². The number of carbonyl (C=O) groups excluding carboxylic acids is 2. The van der Waals surface area contributed by atoms with Gasteiger partial charge in [-0.05, 0) is 13.0 Å². The van der Waals surface area contributed by atoms with E-state index in [2.05, 4.69) is 10.5 Å². The first-order chi connectivity index (χ1) is 11.6. The molecule has 0 aliphatic heterocycles. The third-order valence-electron chi connectivity index (χ3n) is 3.55. The average Bonchev–Trinajstić information content (AvgIpc) is 3.05. The van der Waals surface area contributed by atoms with Crippen molar-refractivity contribution in [3.8, 4) is 0 Å². The van der Waals surface area contributed by atoms with Gasteiger partial charge in [-0.2, -0.15) is 0 Å². The summed E-state index contributed by atoms with van der Waals surface area (Å²) in [4.78, 5) is 25.1. The summed E-state index contributed by atoms with van der Waals surface area (Å²) in [6.07, 6.45) is 0. The Morgan fingerprint density at radius 3 is 2.33 bits per heavy atom. The van der Waals surface area contributed by atoms with E-state index >= 15 is 0 Å². The molecule has 120 valence electrons. The van der Waals surface area contributed by atoms with Crippen LogP contribution < -0.4 is 5.32 Å². The molecule has 0 radical (unpaired) electrons. The van der Waals surface area contributed by atoms with E-state index in [1.807, 2.05) is 13.0 Å². The van der Waals surface area contributed by atoms with Crippen LogP contribution in [-0.4, -0.2) is 16.8 Å². The van der Waals surface area contributed by atoms with Crippen LogP contribution in [0.15, 0.2) is 65.2 Å². The Labute approximate surface area is 139 Å². The van der Waals surface area contributed by atoms with Crippen LogP contribution in [0.2, 0.25) is 0 Å². The van der Waals surface area contributed by atoms with Crippen LogP contribution in [-0.2, 0) is 6.54 Å². The molecule has 0 unspecified atom stereocenters. The predicted octanol–water partition coefficient (Wildman–Crippen LogP) is 3.14. The molecular weight excluding hydrogens is 304 g/mol. The first-order valence-electron chi connectivity index (χ1n) is 7.54. The van der Waals surface area contributed by atoms with E-state index in [-0.39, 0.29) is 18.2 Å². The topological polar surface area (TPSA) is 72.2 Å². The molecule has 3 aromatic rings. The van der Waals surface area contributed by atoms with Crippen molar-refractivity contribution < 1.29 is 14.1 Å². The Morgan fingerprint density at radius 2 is 1.67 bits per heavy atom. The van der Waals surface area contributed by atoms with Crippen LogP contribution in [0, 0.1) is 6.92 Å². The maximum atomic E-state index is 12.6. The minimum absolute atomic E-state index is 0.183. The molecule has 1 N–H and O–H groups in total. The quantitative estimate of drug-likeness (QED) is 0.733. The minimum atomic E-state index is -0.330. The third kappa shape index (κ3) is 3.41. The Balaban J connectivity index is 1.81. The normalized spacial score (nSPS) is 10.4. The SMILES string of the molecule is Cc1cc(CNC(=O)c2ccccc2C(=O)c2ccccc2)on1. The summed E-state index contributed by atoms with van der Waals surface area (Å²) in [5.41, 5.74) is 2.00. The second-order valence-corrected chi connectivity index (χ2v) is 5.36. The number of hydrogen-bond donors (Lipinski definition) is 1. The number of aryl methyl sites for hydroxylation is 1. The molecule has 1 amide bonds. The average molecular weight is 320 g/mol. The molecule has 0 aliphatic rings. The van der Waals surface area contributed by atoms with E-state index in [0.717, 1.165) is 5.69 Å². The lowest BCUT2D eigenvalue weighted by Crippen LogP contribution is -2.24. The van der Waals surface area contributed by atoms with Crippen LogP contribution in [0.25, 0.3) is 0 Å². The molecule has 0 spiro atoms. The lowest BCUT2D eigenvalue weighted by atomic mass is 9.98. The van der Waals surface area contributed by atoms with Crippen molar-refractivity contribution in [1.29, 1.82) is 0 Å². The lowest BCUT2D eigenvalue weighted by Gasteiger charge is -2.09. The molecule has 0 fully saturated rings. The first-order valence-corrected chi connectivity index (χ1v) is 7.54. The fourth-order valence-corrected chi connectivity index (χ4v) is 2.39. The van der Waals surface area contributed by atoms with Gasteiger partial charge in [-0.15, -0.1) is 0 Å². The van der Waals surface area contributed by atoms with Crippen molar-refractivity contribution in [2.75, 3.05) is 0 Å². The zero-order valence-electron chi connectivity index (χ0n) is 13.2. The number of ketones is 1. The van der Waals surface area contributed by atoms with Gasteiger partial charge in [0.2, 0.25) is 0 Å². The van der Waals surface area contributed by atoms with Gasteiger partial charge in [-0.3, -0.25) is 9.59 Å². The summed E-state index contributed by atoms with van der Waals surface area (Å²) < 4.78 is 5.07.